The van der Waals surface area contributed by atoms with E-state index in [1.54, 1.807) is 6.08 Å². The molecule has 5 nitrogen and oxygen atoms in total. The van der Waals surface area contributed by atoms with Crippen LogP contribution in [0.4, 0.5) is 0 Å². The highest BCUT2D eigenvalue weighted by Crippen LogP contribution is 2.26. The van der Waals surface area contributed by atoms with Crippen LogP contribution in [-0.2, 0) is 17.9 Å². The second-order valence-corrected chi connectivity index (χ2v) is 7.40. The monoisotopic (exact) mass is 466 g/mol. The van der Waals surface area contributed by atoms with E-state index in [2.05, 4.69) is 27.8 Å². The first kappa shape index (κ1) is 22.3. The fraction of sp³-hybridized carbons (Fsp3) is 0.286. The molecule has 0 aliphatic carbocycles. The first-order valence-corrected chi connectivity index (χ1v) is 10.1. The van der Waals surface area contributed by atoms with Gasteiger partial charge >= 0.3 is 0 Å². The molecule has 7 heteroatoms. The Morgan fingerprint density at radius 1 is 1.21 bits per heavy atom. The average molecular weight is 468 g/mol. The molecule has 150 valence electrons. The van der Waals surface area contributed by atoms with Gasteiger partial charge in [0.05, 0.1) is 0 Å². The Labute approximate surface area is 179 Å². The Morgan fingerprint density at radius 2 is 1.96 bits per heavy atom. The molecule has 0 aliphatic rings. The zero-order chi connectivity index (χ0) is 20.4. The topological polar surface area (TPSA) is 73.6 Å². The molecule has 0 unspecified atom stereocenters. The second-order valence-electron chi connectivity index (χ2n) is 6.11. The van der Waals surface area contributed by atoms with Gasteiger partial charge in [-0.3, -0.25) is 4.79 Å². The summed E-state index contributed by atoms with van der Waals surface area (Å²) in [6, 6.07) is 11.1. The van der Waals surface area contributed by atoms with E-state index in [0.29, 0.717) is 55.7 Å². The standard InChI is InChI=1S/C21H24BrClN2O3/c1-2-8-27-18-9-15(13-25-21(26)4-3-7-24)10-19(12-18)28-14-16-5-6-17(23)11-20(16)22/h2,5-6,9-12H,1,3-4,7-8,13-14,24H2,(H,25,26). The van der Waals surface area contributed by atoms with Crippen LogP contribution in [0.3, 0.4) is 0 Å². The molecule has 0 aliphatic heterocycles. The van der Waals surface area contributed by atoms with Crippen LogP contribution < -0.4 is 20.5 Å². The van der Waals surface area contributed by atoms with Crippen LogP contribution in [0.1, 0.15) is 24.0 Å². The third-order valence-corrected chi connectivity index (χ3v) is 4.79. The van der Waals surface area contributed by atoms with E-state index in [-0.39, 0.29) is 5.91 Å². The van der Waals surface area contributed by atoms with Crippen molar-refractivity contribution in [3.8, 4) is 11.5 Å². The molecule has 0 heterocycles. The van der Waals surface area contributed by atoms with Crippen LogP contribution in [0.15, 0.2) is 53.5 Å². The van der Waals surface area contributed by atoms with Crippen molar-refractivity contribution in [2.45, 2.75) is 26.0 Å². The highest BCUT2D eigenvalue weighted by molar-refractivity contribution is 9.10. The highest BCUT2D eigenvalue weighted by atomic mass is 79.9. The van der Waals surface area contributed by atoms with E-state index in [1.165, 1.54) is 0 Å². The molecule has 0 aromatic heterocycles. The predicted molar refractivity (Wildman–Crippen MR) is 116 cm³/mol. The molecular formula is C21H24BrClN2O3. The van der Waals surface area contributed by atoms with Crippen molar-refractivity contribution in [1.29, 1.82) is 0 Å². The number of carbonyl (C=O) groups excluding carboxylic acids is 1. The zero-order valence-electron chi connectivity index (χ0n) is 15.5. The van der Waals surface area contributed by atoms with Crippen molar-refractivity contribution in [1.82, 2.24) is 5.32 Å². The zero-order valence-corrected chi connectivity index (χ0v) is 17.9. The minimum atomic E-state index is -0.0320. The van der Waals surface area contributed by atoms with E-state index >= 15 is 0 Å². The summed E-state index contributed by atoms with van der Waals surface area (Å²) in [4.78, 5) is 11.8. The second kappa shape index (κ2) is 11.7. The maximum atomic E-state index is 11.8. The van der Waals surface area contributed by atoms with Crippen LogP contribution >= 0.6 is 27.5 Å². The lowest BCUT2D eigenvalue weighted by atomic mass is 10.2. The summed E-state index contributed by atoms with van der Waals surface area (Å²) in [5, 5.41) is 3.54. The summed E-state index contributed by atoms with van der Waals surface area (Å²) in [5.74, 6) is 1.27. The fourth-order valence-corrected chi connectivity index (χ4v) is 3.20. The molecule has 2 aromatic rings. The summed E-state index contributed by atoms with van der Waals surface area (Å²) in [7, 11) is 0. The number of carbonyl (C=O) groups is 1. The van der Waals surface area contributed by atoms with Crippen molar-refractivity contribution in [2.75, 3.05) is 13.2 Å². The van der Waals surface area contributed by atoms with Crippen molar-refractivity contribution in [2.24, 2.45) is 5.73 Å². The summed E-state index contributed by atoms with van der Waals surface area (Å²) < 4.78 is 12.5. The van der Waals surface area contributed by atoms with Gasteiger partial charge in [0.2, 0.25) is 5.91 Å². The van der Waals surface area contributed by atoms with Gasteiger partial charge in [-0.15, -0.1) is 0 Å². The SMILES string of the molecule is C=CCOc1cc(CNC(=O)CCCN)cc(OCc2ccc(Cl)cc2Br)c1. The summed E-state index contributed by atoms with van der Waals surface area (Å²) >= 11 is 9.47. The molecule has 0 bridgehead atoms. The number of ether oxygens (including phenoxy) is 2. The number of nitrogens with one attached hydrogen (secondary N) is 1. The molecule has 0 spiro atoms. The smallest absolute Gasteiger partial charge is 0.220 e. The number of halogens is 2. The number of rotatable bonds is 11. The molecule has 0 saturated heterocycles. The number of benzene rings is 2. The number of nitrogens with two attached hydrogens (primary N) is 1. The van der Waals surface area contributed by atoms with Crippen LogP contribution in [0.5, 0.6) is 11.5 Å². The Hall–Kier alpha value is -2.02. The maximum Gasteiger partial charge on any atom is 0.220 e. The molecule has 2 aromatic carbocycles. The molecule has 0 saturated carbocycles. The van der Waals surface area contributed by atoms with Crippen molar-refractivity contribution < 1.29 is 14.3 Å². The van der Waals surface area contributed by atoms with Gasteiger partial charge < -0.3 is 20.5 Å². The lowest BCUT2D eigenvalue weighted by Gasteiger charge is -2.13. The molecule has 2 rings (SSSR count). The lowest BCUT2D eigenvalue weighted by molar-refractivity contribution is -0.121. The first-order chi connectivity index (χ1) is 13.5. The molecule has 3 N–H and O–H groups in total. The van der Waals surface area contributed by atoms with E-state index in [9.17, 15) is 4.79 Å². The molecular weight excluding hydrogens is 444 g/mol. The third kappa shape index (κ3) is 7.54. The van der Waals surface area contributed by atoms with Crippen LogP contribution in [-0.4, -0.2) is 19.1 Å². The van der Waals surface area contributed by atoms with Crippen LogP contribution in [0.25, 0.3) is 0 Å². The normalized spacial score (nSPS) is 10.4. The van der Waals surface area contributed by atoms with Gasteiger partial charge in [-0.2, -0.15) is 0 Å². The van der Waals surface area contributed by atoms with Crippen molar-refractivity contribution >= 4 is 33.4 Å². The largest absolute Gasteiger partial charge is 0.489 e. The summed E-state index contributed by atoms with van der Waals surface area (Å²) in [6.07, 6.45) is 2.75. The van der Waals surface area contributed by atoms with Gasteiger partial charge in [0.15, 0.2) is 0 Å². The molecule has 28 heavy (non-hydrogen) atoms. The molecule has 0 radical (unpaired) electrons. The average Bonchev–Trinajstić information content (AvgIpc) is 2.68. The van der Waals surface area contributed by atoms with Gasteiger partial charge in [-0.25, -0.2) is 0 Å². The number of amides is 1. The van der Waals surface area contributed by atoms with E-state index in [1.807, 2.05) is 36.4 Å². The minimum absolute atomic E-state index is 0.0320. The Kier molecular flexibility index (Phi) is 9.34. The Balaban J connectivity index is 2.08. The van der Waals surface area contributed by atoms with E-state index in [0.717, 1.165) is 15.6 Å². The van der Waals surface area contributed by atoms with E-state index in [4.69, 9.17) is 26.8 Å². The number of hydrogen-bond donors (Lipinski definition) is 2. The maximum absolute atomic E-state index is 11.8. The van der Waals surface area contributed by atoms with Gasteiger partial charge in [0.25, 0.3) is 0 Å². The summed E-state index contributed by atoms with van der Waals surface area (Å²) in [6.45, 7) is 5.29. The molecule has 0 fully saturated rings. The van der Waals surface area contributed by atoms with Gasteiger partial charge in [0, 0.05) is 34.1 Å². The van der Waals surface area contributed by atoms with Gasteiger partial charge in [-0.05, 0) is 42.8 Å². The molecule has 0 atom stereocenters. The lowest BCUT2D eigenvalue weighted by Crippen LogP contribution is -2.23. The van der Waals surface area contributed by atoms with E-state index < -0.39 is 0 Å². The Bertz CT molecular complexity index is 814. The first-order valence-electron chi connectivity index (χ1n) is 8.93. The van der Waals surface area contributed by atoms with Crippen molar-refractivity contribution in [3.05, 3.63) is 69.7 Å². The number of hydrogen-bond acceptors (Lipinski definition) is 4. The molecule has 1 amide bonds. The third-order valence-electron chi connectivity index (χ3n) is 3.81. The van der Waals surface area contributed by atoms with Crippen molar-refractivity contribution in [3.63, 3.8) is 0 Å². The fourth-order valence-electron chi connectivity index (χ4n) is 2.41. The summed E-state index contributed by atoms with van der Waals surface area (Å²) in [5.41, 5.74) is 7.29. The van der Waals surface area contributed by atoms with Crippen LogP contribution in [0, 0.1) is 0 Å². The Morgan fingerprint density at radius 3 is 2.64 bits per heavy atom. The van der Waals surface area contributed by atoms with Gasteiger partial charge in [-0.1, -0.05) is 46.3 Å². The highest BCUT2D eigenvalue weighted by Gasteiger charge is 2.07. The predicted octanol–water partition coefficient (Wildman–Crippen LogP) is 4.60. The van der Waals surface area contributed by atoms with Crippen LogP contribution in [0.2, 0.25) is 5.02 Å². The quantitative estimate of drug-likeness (QED) is 0.474. The van der Waals surface area contributed by atoms with Gasteiger partial charge in [0.1, 0.15) is 24.7 Å². The minimum Gasteiger partial charge on any atom is -0.489 e.